The summed E-state index contributed by atoms with van der Waals surface area (Å²) in [6.07, 6.45) is 8.18. The average molecular weight is 250 g/mol. The number of aromatic nitrogens is 2. The molecule has 0 aromatic carbocycles. The van der Waals surface area contributed by atoms with Crippen LogP contribution in [-0.4, -0.2) is 30.1 Å². The summed E-state index contributed by atoms with van der Waals surface area (Å²) in [4.78, 5) is 11.0. The standard InChI is InChI=1S/C14H26N4/c1-4-5-6-7-8-13-11-16-14(17-12(13)2)18(3)10-9-15/h11H,4-10,15H2,1-3H3. The summed E-state index contributed by atoms with van der Waals surface area (Å²) in [5, 5.41) is 0. The summed E-state index contributed by atoms with van der Waals surface area (Å²) < 4.78 is 0. The fraction of sp³-hybridized carbons (Fsp3) is 0.714. The molecule has 102 valence electrons. The molecule has 1 heterocycles. The van der Waals surface area contributed by atoms with Crippen molar-refractivity contribution >= 4 is 5.95 Å². The molecule has 0 aliphatic heterocycles. The Morgan fingerprint density at radius 1 is 1.28 bits per heavy atom. The molecule has 1 rings (SSSR count). The second kappa shape index (κ2) is 8.03. The zero-order valence-corrected chi connectivity index (χ0v) is 11.9. The van der Waals surface area contributed by atoms with E-state index in [1.54, 1.807) is 0 Å². The van der Waals surface area contributed by atoms with Crippen LogP contribution in [0.2, 0.25) is 0 Å². The molecule has 0 amide bonds. The molecule has 0 bridgehead atoms. The van der Waals surface area contributed by atoms with Gasteiger partial charge >= 0.3 is 0 Å². The molecule has 0 spiro atoms. The van der Waals surface area contributed by atoms with Gasteiger partial charge in [0.1, 0.15) is 0 Å². The zero-order chi connectivity index (χ0) is 13.4. The van der Waals surface area contributed by atoms with Crippen molar-refractivity contribution in [3.63, 3.8) is 0 Å². The summed E-state index contributed by atoms with van der Waals surface area (Å²) in [5.74, 6) is 0.773. The molecule has 0 unspecified atom stereocenters. The van der Waals surface area contributed by atoms with E-state index in [0.29, 0.717) is 6.54 Å². The molecular weight excluding hydrogens is 224 g/mol. The lowest BCUT2D eigenvalue weighted by Gasteiger charge is -2.16. The Labute approximate surface area is 111 Å². The van der Waals surface area contributed by atoms with Gasteiger partial charge in [-0.2, -0.15) is 0 Å². The number of nitrogens with zero attached hydrogens (tertiary/aromatic N) is 3. The van der Waals surface area contributed by atoms with E-state index in [2.05, 4.69) is 23.8 Å². The lowest BCUT2D eigenvalue weighted by Crippen LogP contribution is -2.27. The number of hydrogen-bond acceptors (Lipinski definition) is 4. The first-order valence-electron chi connectivity index (χ1n) is 6.92. The van der Waals surface area contributed by atoms with E-state index in [4.69, 9.17) is 5.73 Å². The minimum atomic E-state index is 0.623. The van der Waals surface area contributed by atoms with Gasteiger partial charge in [-0.15, -0.1) is 0 Å². The predicted molar refractivity (Wildman–Crippen MR) is 76.9 cm³/mol. The van der Waals surface area contributed by atoms with E-state index in [1.807, 2.05) is 18.1 Å². The van der Waals surface area contributed by atoms with Crippen LogP contribution in [0.3, 0.4) is 0 Å². The Morgan fingerprint density at radius 2 is 2.06 bits per heavy atom. The molecule has 0 aliphatic carbocycles. The molecule has 0 saturated heterocycles. The fourth-order valence-electron chi connectivity index (χ4n) is 1.94. The molecule has 2 N–H and O–H groups in total. The first-order valence-corrected chi connectivity index (χ1v) is 6.92. The normalized spacial score (nSPS) is 10.7. The Bertz CT molecular complexity index is 352. The maximum atomic E-state index is 5.53. The van der Waals surface area contributed by atoms with Crippen molar-refractivity contribution in [3.8, 4) is 0 Å². The fourth-order valence-corrected chi connectivity index (χ4v) is 1.94. The highest BCUT2D eigenvalue weighted by Gasteiger charge is 2.06. The predicted octanol–water partition coefficient (Wildman–Crippen LogP) is 2.30. The minimum Gasteiger partial charge on any atom is -0.343 e. The minimum absolute atomic E-state index is 0.623. The number of unbranched alkanes of at least 4 members (excludes halogenated alkanes) is 3. The second-order valence-electron chi connectivity index (χ2n) is 4.80. The molecule has 1 aromatic rings. The monoisotopic (exact) mass is 250 g/mol. The molecule has 4 nitrogen and oxygen atoms in total. The van der Waals surface area contributed by atoms with Crippen molar-refractivity contribution in [2.75, 3.05) is 25.0 Å². The summed E-state index contributed by atoms with van der Waals surface area (Å²) in [5.41, 5.74) is 7.90. The Balaban J connectivity index is 2.56. The van der Waals surface area contributed by atoms with Gasteiger partial charge in [-0.25, -0.2) is 9.97 Å². The van der Waals surface area contributed by atoms with Gasteiger partial charge in [0.2, 0.25) is 5.95 Å². The Kier molecular flexibility index (Phi) is 6.65. The maximum absolute atomic E-state index is 5.53. The average Bonchev–Trinajstić information content (AvgIpc) is 2.36. The van der Waals surface area contributed by atoms with Gasteiger partial charge < -0.3 is 10.6 Å². The molecular formula is C14H26N4. The summed E-state index contributed by atoms with van der Waals surface area (Å²) in [7, 11) is 1.97. The van der Waals surface area contributed by atoms with Crippen LogP contribution < -0.4 is 10.6 Å². The summed E-state index contributed by atoms with van der Waals surface area (Å²) in [6.45, 7) is 5.71. The number of nitrogens with two attached hydrogens (primary N) is 1. The van der Waals surface area contributed by atoms with Gasteiger partial charge in [0.25, 0.3) is 0 Å². The molecule has 0 atom stereocenters. The largest absolute Gasteiger partial charge is 0.343 e. The van der Waals surface area contributed by atoms with Crippen LogP contribution in [0.25, 0.3) is 0 Å². The lowest BCUT2D eigenvalue weighted by molar-refractivity contribution is 0.662. The van der Waals surface area contributed by atoms with Crippen LogP contribution in [0.15, 0.2) is 6.20 Å². The van der Waals surface area contributed by atoms with Gasteiger partial charge in [-0.05, 0) is 25.3 Å². The van der Waals surface area contributed by atoms with E-state index in [0.717, 1.165) is 24.6 Å². The Morgan fingerprint density at radius 3 is 2.67 bits per heavy atom. The van der Waals surface area contributed by atoms with E-state index in [1.165, 1.54) is 31.2 Å². The van der Waals surface area contributed by atoms with Crippen molar-refractivity contribution in [3.05, 3.63) is 17.5 Å². The number of likely N-dealkylation sites (N-methyl/N-ethyl adjacent to an activating group) is 1. The molecule has 18 heavy (non-hydrogen) atoms. The Hall–Kier alpha value is -1.16. The van der Waals surface area contributed by atoms with Crippen LogP contribution in [-0.2, 0) is 6.42 Å². The van der Waals surface area contributed by atoms with Gasteiger partial charge in [0, 0.05) is 32.0 Å². The number of aryl methyl sites for hydroxylation is 2. The van der Waals surface area contributed by atoms with Gasteiger partial charge in [0.15, 0.2) is 0 Å². The molecule has 1 aromatic heterocycles. The molecule has 0 saturated carbocycles. The third-order valence-electron chi connectivity index (χ3n) is 3.17. The number of hydrogen-bond donors (Lipinski definition) is 1. The van der Waals surface area contributed by atoms with Crippen molar-refractivity contribution < 1.29 is 0 Å². The van der Waals surface area contributed by atoms with Crippen LogP contribution in [0.5, 0.6) is 0 Å². The van der Waals surface area contributed by atoms with E-state index < -0.39 is 0 Å². The van der Waals surface area contributed by atoms with Crippen LogP contribution in [0.1, 0.15) is 43.9 Å². The van der Waals surface area contributed by atoms with Crippen molar-refractivity contribution in [1.29, 1.82) is 0 Å². The third kappa shape index (κ3) is 4.61. The summed E-state index contributed by atoms with van der Waals surface area (Å²) in [6, 6.07) is 0. The van der Waals surface area contributed by atoms with Crippen molar-refractivity contribution in [2.45, 2.75) is 46.0 Å². The quantitative estimate of drug-likeness (QED) is 0.719. The first-order chi connectivity index (χ1) is 8.69. The van der Waals surface area contributed by atoms with Gasteiger partial charge in [-0.3, -0.25) is 0 Å². The smallest absolute Gasteiger partial charge is 0.225 e. The van der Waals surface area contributed by atoms with Crippen LogP contribution in [0, 0.1) is 6.92 Å². The first kappa shape index (κ1) is 14.9. The van der Waals surface area contributed by atoms with E-state index in [9.17, 15) is 0 Å². The maximum Gasteiger partial charge on any atom is 0.225 e. The number of rotatable bonds is 8. The van der Waals surface area contributed by atoms with E-state index >= 15 is 0 Å². The highest BCUT2D eigenvalue weighted by Crippen LogP contribution is 2.13. The topological polar surface area (TPSA) is 55.0 Å². The summed E-state index contributed by atoms with van der Waals surface area (Å²) >= 11 is 0. The van der Waals surface area contributed by atoms with Crippen LogP contribution >= 0.6 is 0 Å². The molecule has 0 fully saturated rings. The molecule has 0 aliphatic rings. The van der Waals surface area contributed by atoms with Crippen molar-refractivity contribution in [2.24, 2.45) is 5.73 Å². The third-order valence-corrected chi connectivity index (χ3v) is 3.17. The van der Waals surface area contributed by atoms with E-state index in [-0.39, 0.29) is 0 Å². The second-order valence-corrected chi connectivity index (χ2v) is 4.80. The van der Waals surface area contributed by atoms with Crippen LogP contribution in [0.4, 0.5) is 5.95 Å². The SMILES string of the molecule is CCCCCCc1cnc(N(C)CCN)nc1C. The highest BCUT2D eigenvalue weighted by atomic mass is 15.2. The molecule has 0 radical (unpaired) electrons. The zero-order valence-electron chi connectivity index (χ0n) is 11.9. The van der Waals surface area contributed by atoms with Crippen molar-refractivity contribution in [1.82, 2.24) is 9.97 Å². The highest BCUT2D eigenvalue weighted by molar-refractivity contribution is 5.31. The number of anilines is 1. The van der Waals surface area contributed by atoms with Gasteiger partial charge in [0.05, 0.1) is 0 Å². The van der Waals surface area contributed by atoms with Gasteiger partial charge in [-0.1, -0.05) is 26.2 Å². The lowest BCUT2D eigenvalue weighted by atomic mass is 10.1. The molecule has 4 heteroatoms.